The number of methoxy groups -OCH3 is 1. The van der Waals surface area contributed by atoms with Crippen LogP contribution in [0.15, 0.2) is 48.5 Å². The number of fused-ring (bicyclic) bond motifs is 4. The van der Waals surface area contributed by atoms with Gasteiger partial charge < -0.3 is 19.4 Å². The number of hydrogen-bond acceptors (Lipinski definition) is 3. The van der Waals surface area contributed by atoms with Gasteiger partial charge in [0, 0.05) is 28.6 Å². The second-order valence-corrected chi connectivity index (χ2v) is 9.21. The van der Waals surface area contributed by atoms with E-state index in [4.69, 9.17) is 17.0 Å². The molecule has 6 heteroatoms. The summed E-state index contributed by atoms with van der Waals surface area (Å²) in [5.41, 5.74) is 5.05. The fourth-order valence-electron chi connectivity index (χ4n) is 4.63. The lowest BCUT2D eigenvalue weighted by molar-refractivity contribution is 0.320. The van der Waals surface area contributed by atoms with Gasteiger partial charge in [0.25, 0.3) is 0 Å². The number of aromatic hydroxyl groups is 1. The van der Waals surface area contributed by atoms with Gasteiger partial charge in [0.1, 0.15) is 11.8 Å². The monoisotopic (exact) mass is 419 g/mol. The summed E-state index contributed by atoms with van der Waals surface area (Å²) >= 11 is 5.91. The van der Waals surface area contributed by atoms with Crippen molar-refractivity contribution in [3.05, 3.63) is 75.8 Å². The van der Waals surface area contributed by atoms with Crippen LogP contribution in [0, 0.1) is 4.77 Å². The number of H-pyrrole nitrogens is 1. The highest BCUT2D eigenvalue weighted by molar-refractivity contribution is 7.71. The highest BCUT2D eigenvalue weighted by Gasteiger charge is 2.36. The van der Waals surface area contributed by atoms with Crippen molar-refractivity contribution in [1.82, 2.24) is 14.1 Å². The van der Waals surface area contributed by atoms with E-state index in [1.165, 1.54) is 10.9 Å². The van der Waals surface area contributed by atoms with Crippen LogP contribution in [0.5, 0.6) is 11.6 Å². The molecule has 2 aromatic heterocycles. The number of aromatic amines is 1. The fraction of sp³-hybridized carbons (Fsp3) is 0.292. The van der Waals surface area contributed by atoms with Crippen LogP contribution in [0.4, 0.5) is 0 Å². The van der Waals surface area contributed by atoms with Gasteiger partial charge in [0.05, 0.1) is 12.8 Å². The molecule has 5 nitrogen and oxygen atoms in total. The van der Waals surface area contributed by atoms with Crippen LogP contribution in [0.25, 0.3) is 10.9 Å². The lowest BCUT2D eigenvalue weighted by Crippen LogP contribution is -2.24. The summed E-state index contributed by atoms with van der Waals surface area (Å²) in [5, 5.41) is 12.4. The Bertz CT molecular complexity index is 1320. The van der Waals surface area contributed by atoms with Gasteiger partial charge in [-0.05, 0) is 62.3 Å². The van der Waals surface area contributed by atoms with Crippen molar-refractivity contribution in [1.29, 1.82) is 0 Å². The topological polar surface area (TPSA) is 55.1 Å². The Hall–Kier alpha value is -2.99. The van der Waals surface area contributed by atoms with Gasteiger partial charge in [-0.1, -0.05) is 30.3 Å². The number of imidazole rings is 1. The van der Waals surface area contributed by atoms with Crippen molar-refractivity contribution in [2.75, 3.05) is 7.11 Å². The summed E-state index contributed by atoms with van der Waals surface area (Å²) in [6, 6.07) is 16.3. The number of para-hydroxylation sites is 1. The molecule has 0 saturated heterocycles. The van der Waals surface area contributed by atoms with Crippen molar-refractivity contribution in [2.24, 2.45) is 0 Å². The van der Waals surface area contributed by atoms with Gasteiger partial charge in [-0.25, -0.2) is 0 Å². The molecule has 1 aliphatic rings. The third-order valence-electron chi connectivity index (χ3n) is 5.98. The van der Waals surface area contributed by atoms with Crippen LogP contribution in [0.2, 0.25) is 0 Å². The number of nitrogens with one attached hydrogen (secondary N) is 1. The van der Waals surface area contributed by atoms with Gasteiger partial charge in [-0.2, -0.15) is 0 Å². The third kappa shape index (κ3) is 2.63. The first-order valence-electron chi connectivity index (χ1n) is 10.1. The molecule has 154 valence electrons. The number of aromatic nitrogens is 3. The molecule has 2 N–H and O–H groups in total. The van der Waals surface area contributed by atoms with Crippen molar-refractivity contribution in [2.45, 2.75) is 38.8 Å². The lowest BCUT2D eigenvalue weighted by Gasteiger charge is -2.27. The van der Waals surface area contributed by atoms with E-state index in [2.05, 4.69) is 60.7 Å². The van der Waals surface area contributed by atoms with E-state index in [0.717, 1.165) is 28.2 Å². The largest absolute Gasteiger partial charge is 0.497 e. The quantitative estimate of drug-likeness (QED) is 0.371. The zero-order chi connectivity index (χ0) is 21.2. The second-order valence-electron chi connectivity index (χ2n) is 8.84. The van der Waals surface area contributed by atoms with Gasteiger partial charge in [0.2, 0.25) is 5.88 Å². The Morgan fingerprint density at radius 3 is 2.47 bits per heavy atom. The number of benzene rings is 2. The SMILES string of the molecule is COc1ccc(C2c3[nH]c4ccccc4c3Cc3c(O)n(C(C)(C)C)c(=S)n32)cc1. The average Bonchev–Trinajstić information content (AvgIpc) is 3.21. The molecule has 0 saturated carbocycles. The van der Waals surface area contributed by atoms with Crippen molar-refractivity contribution in [3.8, 4) is 11.6 Å². The maximum Gasteiger partial charge on any atom is 0.214 e. The Kier molecular flexibility index (Phi) is 4.12. The molecule has 30 heavy (non-hydrogen) atoms. The zero-order valence-corrected chi connectivity index (χ0v) is 18.4. The fourth-order valence-corrected chi connectivity index (χ4v) is 5.20. The molecule has 0 spiro atoms. The summed E-state index contributed by atoms with van der Waals surface area (Å²) in [6.07, 6.45) is 0.630. The predicted octanol–water partition coefficient (Wildman–Crippen LogP) is 5.51. The van der Waals surface area contributed by atoms with Gasteiger partial charge in [0.15, 0.2) is 4.77 Å². The van der Waals surface area contributed by atoms with Gasteiger partial charge >= 0.3 is 0 Å². The van der Waals surface area contributed by atoms with E-state index in [1.54, 1.807) is 7.11 Å². The van der Waals surface area contributed by atoms with E-state index in [1.807, 2.05) is 22.8 Å². The summed E-state index contributed by atoms with van der Waals surface area (Å²) in [6.45, 7) is 6.18. The van der Waals surface area contributed by atoms with Crippen molar-refractivity contribution >= 4 is 23.1 Å². The molecule has 2 aromatic carbocycles. The molecular weight excluding hydrogens is 394 g/mol. The summed E-state index contributed by atoms with van der Waals surface area (Å²) < 4.78 is 9.95. The third-order valence-corrected chi connectivity index (χ3v) is 6.36. The van der Waals surface area contributed by atoms with Crippen molar-refractivity contribution < 1.29 is 9.84 Å². The number of nitrogens with zero attached hydrogens (tertiary/aromatic N) is 2. The Balaban J connectivity index is 1.83. The normalized spacial score (nSPS) is 15.8. The minimum absolute atomic E-state index is 0.149. The molecular formula is C24H25N3O2S. The standard InChI is InChI=1S/C24H25N3O2S/c1-24(2,3)27-22(28)19-13-17-16-7-5-6-8-18(16)25-20(17)21(26(19)23(27)30)14-9-11-15(29-4)12-10-14/h5-12,21,25,28H,13H2,1-4H3. The van der Waals surface area contributed by atoms with Crippen LogP contribution in [-0.2, 0) is 12.0 Å². The van der Waals surface area contributed by atoms with Crippen LogP contribution < -0.4 is 4.74 Å². The van der Waals surface area contributed by atoms with Crippen LogP contribution in [0.3, 0.4) is 0 Å². The average molecular weight is 420 g/mol. The van der Waals surface area contributed by atoms with E-state index >= 15 is 0 Å². The predicted molar refractivity (Wildman–Crippen MR) is 121 cm³/mol. The number of ether oxygens (including phenoxy) is 1. The molecule has 0 bridgehead atoms. The summed E-state index contributed by atoms with van der Waals surface area (Å²) in [5.74, 6) is 1.06. The molecule has 5 rings (SSSR count). The highest BCUT2D eigenvalue weighted by atomic mass is 32.1. The molecule has 1 aliphatic heterocycles. The molecule has 0 amide bonds. The Labute approximate surface area is 180 Å². The molecule has 0 radical (unpaired) electrons. The maximum atomic E-state index is 11.2. The lowest BCUT2D eigenvalue weighted by atomic mass is 9.93. The zero-order valence-electron chi connectivity index (χ0n) is 17.6. The Morgan fingerprint density at radius 2 is 1.80 bits per heavy atom. The molecule has 0 aliphatic carbocycles. The first-order valence-corrected chi connectivity index (χ1v) is 10.5. The van der Waals surface area contributed by atoms with E-state index in [0.29, 0.717) is 11.2 Å². The molecule has 3 heterocycles. The number of rotatable bonds is 2. The molecule has 4 aromatic rings. The first-order chi connectivity index (χ1) is 14.3. The second kappa shape index (κ2) is 6.51. The van der Waals surface area contributed by atoms with E-state index < -0.39 is 0 Å². The molecule has 1 atom stereocenters. The minimum atomic E-state index is -0.328. The highest BCUT2D eigenvalue weighted by Crippen LogP contribution is 2.44. The molecule has 1 unspecified atom stereocenters. The Morgan fingerprint density at radius 1 is 1.10 bits per heavy atom. The van der Waals surface area contributed by atoms with Crippen LogP contribution in [0.1, 0.15) is 49.3 Å². The van der Waals surface area contributed by atoms with Crippen LogP contribution in [-0.4, -0.2) is 26.3 Å². The van der Waals surface area contributed by atoms with E-state index in [-0.39, 0.29) is 17.5 Å². The van der Waals surface area contributed by atoms with Crippen molar-refractivity contribution in [3.63, 3.8) is 0 Å². The van der Waals surface area contributed by atoms with E-state index in [9.17, 15) is 5.11 Å². The van der Waals surface area contributed by atoms with Crippen LogP contribution >= 0.6 is 12.2 Å². The molecule has 0 fully saturated rings. The summed E-state index contributed by atoms with van der Waals surface area (Å²) in [4.78, 5) is 3.64. The minimum Gasteiger partial charge on any atom is -0.497 e. The first kappa shape index (κ1) is 19.0. The summed E-state index contributed by atoms with van der Waals surface area (Å²) in [7, 11) is 1.67. The number of hydrogen-bond donors (Lipinski definition) is 2. The van der Waals surface area contributed by atoms with Gasteiger partial charge in [-0.3, -0.25) is 4.57 Å². The van der Waals surface area contributed by atoms with Gasteiger partial charge in [-0.15, -0.1) is 0 Å². The smallest absolute Gasteiger partial charge is 0.214 e. The maximum absolute atomic E-state index is 11.2.